The topological polar surface area (TPSA) is 119 Å². The molecule has 1 aliphatic heterocycles. The van der Waals surface area contributed by atoms with Crippen molar-refractivity contribution in [3.8, 4) is 11.5 Å². The number of carbonyl (C=O) groups excluding carboxylic acids is 1. The number of H-pyrrole nitrogens is 1. The summed E-state index contributed by atoms with van der Waals surface area (Å²) in [6, 6.07) is 4.68. The maximum absolute atomic E-state index is 12.0. The Morgan fingerprint density at radius 3 is 2.75 bits per heavy atom. The molecule has 0 saturated heterocycles. The van der Waals surface area contributed by atoms with Gasteiger partial charge in [0.05, 0.1) is 11.3 Å². The summed E-state index contributed by atoms with van der Waals surface area (Å²) in [5, 5.41) is 5.13. The minimum atomic E-state index is -0.686. The highest BCUT2D eigenvalue weighted by molar-refractivity contribution is 5.98. The fourth-order valence-electron chi connectivity index (χ4n) is 2.01. The number of nitrogens with one attached hydrogen (secondary N) is 2. The van der Waals surface area contributed by atoms with E-state index in [4.69, 9.17) is 10.5 Å². The molecule has 1 aliphatic rings. The van der Waals surface area contributed by atoms with Crippen LogP contribution in [-0.2, 0) is 7.05 Å². The van der Waals surface area contributed by atoms with E-state index in [2.05, 4.69) is 10.4 Å². The number of fused-ring (bicyclic) bond motifs is 2. The second-order valence-electron chi connectivity index (χ2n) is 4.28. The number of carbonyl (C=O) groups is 1. The highest BCUT2D eigenvalue weighted by Crippen LogP contribution is 2.40. The maximum Gasteiger partial charge on any atom is 0.310 e. The number of aromatic amines is 1. The van der Waals surface area contributed by atoms with Gasteiger partial charge < -0.3 is 15.8 Å². The SMILES string of the molecule is Cn1[nH]c(=O)c2c(c1=O)Oc1c(cccc1C(N)=O)N2. The van der Waals surface area contributed by atoms with Gasteiger partial charge in [-0.25, -0.2) is 0 Å². The van der Waals surface area contributed by atoms with Gasteiger partial charge in [-0.2, -0.15) is 0 Å². The number of ether oxygens (including phenoxy) is 1. The number of anilines is 2. The molecule has 0 spiro atoms. The second-order valence-corrected chi connectivity index (χ2v) is 4.28. The number of para-hydroxylation sites is 1. The molecule has 0 aliphatic carbocycles. The molecule has 0 bridgehead atoms. The summed E-state index contributed by atoms with van der Waals surface area (Å²) in [4.78, 5) is 35.2. The van der Waals surface area contributed by atoms with Crippen LogP contribution in [0, 0.1) is 0 Å². The Balaban J connectivity index is 2.28. The second kappa shape index (κ2) is 3.98. The molecule has 0 fully saturated rings. The Bertz CT molecular complexity index is 850. The largest absolute Gasteiger partial charge is 0.446 e. The average molecular weight is 274 g/mol. The van der Waals surface area contributed by atoms with Crippen LogP contribution in [0.4, 0.5) is 11.4 Å². The van der Waals surface area contributed by atoms with Gasteiger partial charge in [-0.3, -0.25) is 24.2 Å². The van der Waals surface area contributed by atoms with Crippen LogP contribution < -0.4 is 26.9 Å². The van der Waals surface area contributed by atoms with E-state index in [1.807, 2.05) is 0 Å². The van der Waals surface area contributed by atoms with Crippen LogP contribution in [-0.4, -0.2) is 15.7 Å². The molecule has 1 amide bonds. The van der Waals surface area contributed by atoms with E-state index in [-0.39, 0.29) is 22.7 Å². The number of rotatable bonds is 1. The standard InChI is InChI=1S/C12H10N4O4/c1-16-12(19)9-7(11(18)15-16)14-6-4-2-3-5(10(13)17)8(6)20-9/h2-4,14H,1H3,(H2,13,17)(H,15,18). The van der Waals surface area contributed by atoms with Crippen LogP contribution in [0.1, 0.15) is 10.4 Å². The lowest BCUT2D eigenvalue weighted by atomic mass is 10.1. The van der Waals surface area contributed by atoms with Crippen molar-refractivity contribution in [1.29, 1.82) is 0 Å². The first-order valence-electron chi connectivity index (χ1n) is 5.70. The minimum Gasteiger partial charge on any atom is -0.446 e. The molecule has 0 saturated carbocycles. The number of aromatic nitrogens is 2. The van der Waals surface area contributed by atoms with Crippen LogP contribution in [0.2, 0.25) is 0 Å². The third-order valence-electron chi connectivity index (χ3n) is 2.97. The summed E-state index contributed by atoms with van der Waals surface area (Å²) >= 11 is 0. The summed E-state index contributed by atoms with van der Waals surface area (Å²) in [5.74, 6) is -0.721. The first-order valence-corrected chi connectivity index (χ1v) is 5.70. The Kier molecular flexibility index (Phi) is 2.40. The summed E-state index contributed by atoms with van der Waals surface area (Å²) < 4.78 is 6.45. The fraction of sp³-hybridized carbons (Fsp3) is 0.0833. The van der Waals surface area contributed by atoms with Crippen LogP contribution in [0.3, 0.4) is 0 Å². The van der Waals surface area contributed by atoms with Crippen LogP contribution in [0.15, 0.2) is 27.8 Å². The molecule has 0 atom stereocenters. The summed E-state index contributed by atoms with van der Waals surface area (Å²) in [5.41, 5.74) is 4.75. The third kappa shape index (κ3) is 1.58. The van der Waals surface area contributed by atoms with Crippen LogP contribution in [0.25, 0.3) is 0 Å². The van der Waals surface area contributed by atoms with E-state index >= 15 is 0 Å². The highest BCUT2D eigenvalue weighted by Gasteiger charge is 2.26. The lowest BCUT2D eigenvalue weighted by Crippen LogP contribution is -2.31. The van der Waals surface area contributed by atoms with Gasteiger partial charge in [0.1, 0.15) is 0 Å². The molecule has 1 aromatic heterocycles. The van der Waals surface area contributed by atoms with Gasteiger partial charge in [0.25, 0.3) is 11.5 Å². The predicted octanol–water partition coefficient (Wildman–Crippen LogP) is 0.0218. The van der Waals surface area contributed by atoms with Gasteiger partial charge in [-0.05, 0) is 12.1 Å². The average Bonchev–Trinajstić information content (AvgIpc) is 2.42. The van der Waals surface area contributed by atoms with Crippen molar-refractivity contribution in [3.63, 3.8) is 0 Å². The zero-order valence-electron chi connectivity index (χ0n) is 10.4. The zero-order chi connectivity index (χ0) is 14.4. The number of hydrogen-bond acceptors (Lipinski definition) is 5. The first kappa shape index (κ1) is 12.0. The van der Waals surface area contributed by atoms with Crippen molar-refractivity contribution in [2.75, 3.05) is 5.32 Å². The molecule has 1 aromatic carbocycles. The molecule has 3 rings (SSSR count). The van der Waals surface area contributed by atoms with E-state index in [1.165, 1.54) is 13.1 Å². The van der Waals surface area contributed by atoms with Crippen molar-refractivity contribution in [2.24, 2.45) is 12.8 Å². The Morgan fingerprint density at radius 1 is 1.30 bits per heavy atom. The van der Waals surface area contributed by atoms with E-state index < -0.39 is 17.0 Å². The number of primary amides is 1. The number of amides is 1. The highest BCUT2D eigenvalue weighted by atomic mass is 16.5. The first-order chi connectivity index (χ1) is 9.49. The van der Waals surface area contributed by atoms with Crippen LogP contribution in [0.5, 0.6) is 11.5 Å². The lowest BCUT2D eigenvalue weighted by molar-refractivity contribution is 0.0998. The van der Waals surface area contributed by atoms with Gasteiger partial charge in [0.15, 0.2) is 11.4 Å². The maximum atomic E-state index is 12.0. The molecular weight excluding hydrogens is 264 g/mol. The van der Waals surface area contributed by atoms with Crippen molar-refractivity contribution in [3.05, 3.63) is 44.5 Å². The number of nitrogens with zero attached hydrogens (tertiary/aromatic N) is 1. The summed E-state index contributed by atoms with van der Waals surface area (Å²) in [6.07, 6.45) is 0. The quantitative estimate of drug-likeness (QED) is 0.578. The number of aryl methyl sites for hydroxylation is 1. The minimum absolute atomic E-state index is 0.00206. The predicted molar refractivity (Wildman–Crippen MR) is 70.6 cm³/mol. The molecule has 2 aromatic rings. The lowest BCUT2D eigenvalue weighted by Gasteiger charge is -2.22. The fourth-order valence-corrected chi connectivity index (χ4v) is 2.01. The molecular formula is C12H10N4O4. The molecule has 20 heavy (non-hydrogen) atoms. The number of hydrogen-bond donors (Lipinski definition) is 3. The number of benzene rings is 1. The molecule has 8 nitrogen and oxygen atoms in total. The van der Waals surface area contributed by atoms with E-state index in [9.17, 15) is 14.4 Å². The Labute approximate surface area is 111 Å². The Morgan fingerprint density at radius 2 is 2.05 bits per heavy atom. The van der Waals surface area contributed by atoms with Gasteiger partial charge in [-0.15, -0.1) is 0 Å². The third-order valence-corrected chi connectivity index (χ3v) is 2.97. The summed E-state index contributed by atoms with van der Waals surface area (Å²) in [7, 11) is 1.39. The Hall–Kier alpha value is -3.03. The smallest absolute Gasteiger partial charge is 0.310 e. The van der Waals surface area contributed by atoms with Crippen molar-refractivity contribution >= 4 is 17.3 Å². The van der Waals surface area contributed by atoms with E-state index in [1.54, 1.807) is 12.1 Å². The molecule has 0 radical (unpaired) electrons. The van der Waals surface area contributed by atoms with Crippen LogP contribution >= 0.6 is 0 Å². The molecule has 8 heteroatoms. The normalized spacial score (nSPS) is 11.8. The van der Waals surface area contributed by atoms with Gasteiger partial charge in [0.2, 0.25) is 5.75 Å². The van der Waals surface area contributed by atoms with Crippen molar-refractivity contribution in [2.45, 2.75) is 0 Å². The molecule has 0 unspecified atom stereocenters. The molecule has 102 valence electrons. The van der Waals surface area contributed by atoms with Gasteiger partial charge in [0, 0.05) is 7.05 Å². The van der Waals surface area contributed by atoms with Crippen molar-refractivity contribution < 1.29 is 9.53 Å². The summed E-state index contributed by atoms with van der Waals surface area (Å²) in [6.45, 7) is 0. The monoisotopic (exact) mass is 274 g/mol. The van der Waals surface area contributed by atoms with Gasteiger partial charge in [-0.1, -0.05) is 6.07 Å². The van der Waals surface area contributed by atoms with E-state index in [0.29, 0.717) is 5.69 Å². The van der Waals surface area contributed by atoms with E-state index in [0.717, 1.165) is 4.68 Å². The molecule has 2 heterocycles. The van der Waals surface area contributed by atoms with Crippen molar-refractivity contribution in [1.82, 2.24) is 9.78 Å². The van der Waals surface area contributed by atoms with Gasteiger partial charge >= 0.3 is 5.56 Å². The molecule has 4 N–H and O–H groups in total. The number of nitrogens with two attached hydrogens (primary N) is 1. The zero-order valence-corrected chi connectivity index (χ0v) is 10.4.